The van der Waals surface area contributed by atoms with Gasteiger partial charge in [-0.05, 0) is 30.9 Å². The summed E-state index contributed by atoms with van der Waals surface area (Å²) >= 11 is 1.67. The van der Waals surface area contributed by atoms with Crippen LogP contribution in [-0.4, -0.2) is 30.8 Å². The van der Waals surface area contributed by atoms with E-state index < -0.39 is 5.97 Å². The van der Waals surface area contributed by atoms with Gasteiger partial charge in [-0.15, -0.1) is 11.8 Å². The van der Waals surface area contributed by atoms with Crippen LogP contribution in [-0.2, 0) is 14.3 Å². The zero-order valence-corrected chi connectivity index (χ0v) is 13.7. The Bertz CT molecular complexity index is 555. The Hall–Kier alpha value is -2.00. The predicted octanol–water partition coefficient (Wildman–Crippen LogP) is 3.00. The lowest BCUT2D eigenvalue weighted by molar-refractivity contribution is -0.144. The molecule has 0 saturated heterocycles. The van der Waals surface area contributed by atoms with Crippen LogP contribution in [0.2, 0.25) is 0 Å². The van der Waals surface area contributed by atoms with Crippen LogP contribution in [0, 0.1) is 11.3 Å². The molecule has 0 spiro atoms. The molecule has 0 atom stereocenters. The summed E-state index contributed by atoms with van der Waals surface area (Å²) in [4.78, 5) is 26.1. The topological polar surface area (TPSA) is 70.4 Å². The molecule has 0 heterocycles. The molecule has 0 aromatic heterocycles. The summed E-state index contributed by atoms with van der Waals surface area (Å²) in [6.07, 6.45) is 0.0592. The monoisotopic (exact) mass is 320 g/mol. The van der Waals surface area contributed by atoms with E-state index in [9.17, 15) is 9.59 Å². The molecule has 1 amide bonds. The van der Waals surface area contributed by atoms with Gasteiger partial charge in [-0.3, -0.25) is 14.5 Å². The molecule has 0 aliphatic heterocycles. The van der Waals surface area contributed by atoms with Gasteiger partial charge in [0.1, 0.15) is 6.54 Å². The van der Waals surface area contributed by atoms with Gasteiger partial charge in [-0.2, -0.15) is 5.26 Å². The number of hydrogen-bond acceptors (Lipinski definition) is 5. The largest absolute Gasteiger partial charge is 0.466 e. The molecule has 0 fully saturated rings. The van der Waals surface area contributed by atoms with Gasteiger partial charge in [0, 0.05) is 17.0 Å². The fraction of sp³-hybridized carbons (Fsp3) is 0.438. The van der Waals surface area contributed by atoms with E-state index in [0.717, 1.165) is 10.6 Å². The van der Waals surface area contributed by atoms with Crippen LogP contribution in [0.4, 0.5) is 5.69 Å². The van der Waals surface area contributed by atoms with Crippen molar-refractivity contribution in [3.8, 4) is 6.07 Å². The van der Waals surface area contributed by atoms with Gasteiger partial charge in [0.05, 0.1) is 19.1 Å². The number of thioether (sulfide) groups is 1. The predicted molar refractivity (Wildman–Crippen MR) is 86.7 cm³/mol. The maximum atomic E-state index is 12.3. The number of carbonyl (C=O) groups excluding carboxylic acids is 2. The van der Waals surface area contributed by atoms with E-state index in [-0.39, 0.29) is 25.3 Å². The lowest BCUT2D eigenvalue weighted by Crippen LogP contribution is -2.31. The summed E-state index contributed by atoms with van der Waals surface area (Å²) in [6.45, 7) is 4.03. The average molecular weight is 320 g/mol. The molecule has 1 rings (SSSR count). The Morgan fingerprint density at radius 1 is 1.32 bits per heavy atom. The van der Waals surface area contributed by atoms with Crippen molar-refractivity contribution in [2.24, 2.45) is 0 Å². The molecule has 1 aromatic carbocycles. The van der Waals surface area contributed by atoms with Gasteiger partial charge in [-0.1, -0.05) is 13.0 Å². The number of rotatable bonds is 8. The van der Waals surface area contributed by atoms with E-state index in [2.05, 4.69) is 6.92 Å². The molecule has 118 valence electrons. The number of anilines is 1. The highest BCUT2D eigenvalue weighted by Gasteiger charge is 2.17. The van der Waals surface area contributed by atoms with Crippen molar-refractivity contribution in [1.82, 2.24) is 0 Å². The summed E-state index contributed by atoms with van der Waals surface area (Å²) in [6, 6.07) is 9.49. The van der Waals surface area contributed by atoms with E-state index in [4.69, 9.17) is 10.00 Å². The summed E-state index contributed by atoms with van der Waals surface area (Å²) in [5, 5.41) is 8.94. The molecule has 0 bridgehead atoms. The van der Waals surface area contributed by atoms with Crippen LogP contribution in [0.3, 0.4) is 0 Å². The number of hydrogen-bond donors (Lipinski definition) is 0. The quantitative estimate of drug-likeness (QED) is 0.418. The Morgan fingerprint density at radius 2 is 2.09 bits per heavy atom. The van der Waals surface area contributed by atoms with Crippen LogP contribution in [0.5, 0.6) is 0 Å². The van der Waals surface area contributed by atoms with Crippen LogP contribution in [0.25, 0.3) is 0 Å². The van der Waals surface area contributed by atoms with Gasteiger partial charge in [0.15, 0.2) is 0 Å². The van der Waals surface area contributed by atoms with Crippen molar-refractivity contribution >= 4 is 29.3 Å². The standard InChI is InChI=1S/C16H20N2O3S/c1-3-21-16(20)9-8-15(19)18(11-10-17)13-6-5-7-14(12-13)22-4-2/h5-7,12H,3-4,8-9,11H2,1-2H3. The molecule has 0 unspecified atom stereocenters. The minimum atomic E-state index is -0.400. The summed E-state index contributed by atoms with van der Waals surface area (Å²) < 4.78 is 4.81. The molecule has 0 aliphatic carbocycles. The number of esters is 1. The third kappa shape index (κ3) is 5.78. The van der Waals surface area contributed by atoms with Crippen molar-refractivity contribution in [2.45, 2.75) is 31.6 Å². The van der Waals surface area contributed by atoms with Gasteiger partial charge < -0.3 is 4.74 Å². The van der Waals surface area contributed by atoms with E-state index in [0.29, 0.717) is 12.3 Å². The average Bonchev–Trinajstić information content (AvgIpc) is 2.51. The molecule has 22 heavy (non-hydrogen) atoms. The smallest absolute Gasteiger partial charge is 0.306 e. The summed E-state index contributed by atoms with van der Waals surface area (Å²) in [5.41, 5.74) is 0.675. The van der Waals surface area contributed by atoms with Crippen molar-refractivity contribution < 1.29 is 14.3 Å². The molecule has 0 radical (unpaired) electrons. The number of carbonyl (C=O) groups is 2. The van der Waals surface area contributed by atoms with Gasteiger partial charge in [-0.25, -0.2) is 0 Å². The number of nitrogens with zero attached hydrogens (tertiary/aromatic N) is 2. The van der Waals surface area contributed by atoms with Crippen molar-refractivity contribution in [3.63, 3.8) is 0 Å². The Morgan fingerprint density at radius 3 is 2.73 bits per heavy atom. The van der Waals surface area contributed by atoms with Crippen molar-refractivity contribution in [3.05, 3.63) is 24.3 Å². The Kier molecular flexibility index (Phi) is 8.08. The number of amides is 1. The highest BCUT2D eigenvalue weighted by atomic mass is 32.2. The van der Waals surface area contributed by atoms with E-state index >= 15 is 0 Å². The Balaban J connectivity index is 2.79. The van der Waals surface area contributed by atoms with Crippen LogP contribution < -0.4 is 4.90 Å². The maximum absolute atomic E-state index is 12.3. The third-order valence-corrected chi connectivity index (χ3v) is 3.69. The minimum absolute atomic E-state index is 0.0258. The van der Waals surface area contributed by atoms with Crippen LogP contribution in [0.15, 0.2) is 29.2 Å². The lowest BCUT2D eigenvalue weighted by atomic mass is 10.2. The molecule has 6 heteroatoms. The zero-order valence-electron chi connectivity index (χ0n) is 12.9. The second-order valence-electron chi connectivity index (χ2n) is 4.37. The highest BCUT2D eigenvalue weighted by Crippen LogP contribution is 2.24. The molecule has 5 nitrogen and oxygen atoms in total. The fourth-order valence-corrected chi connectivity index (χ4v) is 2.59. The summed E-state index contributed by atoms with van der Waals surface area (Å²) in [5.74, 6) is 0.273. The first-order chi connectivity index (χ1) is 10.6. The molecule has 0 aliphatic rings. The van der Waals surface area contributed by atoms with Crippen molar-refractivity contribution in [2.75, 3.05) is 23.8 Å². The Labute approximate surface area is 135 Å². The van der Waals surface area contributed by atoms with Crippen molar-refractivity contribution in [1.29, 1.82) is 5.26 Å². The number of benzene rings is 1. The van der Waals surface area contributed by atoms with Gasteiger partial charge in [0.25, 0.3) is 0 Å². The second-order valence-corrected chi connectivity index (χ2v) is 5.71. The number of nitriles is 1. The second kappa shape index (κ2) is 9.85. The molecular weight excluding hydrogens is 300 g/mol. The van der Waals surface area contributed by atoms with E-state index in [1.165, 1.54) is 4.90 Å². The lowest BCUT2D eigenvalue weighted by Gasteiger charge is -2.20. The first kappa shape index (κ1) is 18.1. The first-order valence-electron chi connectivity index (χ1n) is 7.18. The first-order valence-corrected chi connectivity index (χ1v) is 8.16. The number of ether oxygens (including phenoxy) is 1. The van der Waals surface area contributed by atoms with Gasteiger partial charge in [0.2, 0.25) is 5.91 Å². The highest BCUT2D eigenvalue weighted by molar-refractivity contribution is 7.99. The van der Waals surface area contributed by atoms with Crippen LogP contribution >= 0.6 is 11.8 Å². The molecule has 0 saturated carbocycles. The van der Waals surface area contributed by atoms with Crippen LogP contribution in [0.1, 0.15) is 26.7 Å². The van der Waals surface area contributed by atoms with Gasteiger partial charge >= 0.3 is 5.97 Å². The zero-order chi connectivity index (χ0) is 16.4. The minimum Gasteiger partial charge on any atom is -0.466 e. The summed E-state index contributed by atoms with van der Waals surface area (Å²) in [7, 11) is 0. The normalized spacial score (nSPS) is 9.86. The van der Waals surface area contributed by atoms with E-state index in [1.54, 1.807) is 24.8 Å². The molecule has 0 N–H and O–H groups in total. The maximum Gasteiger partial charge on any atom is 0.306 e. The fourth-order valence-electron chi connectivity index (χ4n) is 1.88. The SMILES string of the molecule is CCOC(=O)CCC(=O)N(CC#N)c1cccc(SCC)c1. The van der Waals surface area contributed by atoms with E-state index in [1.807, 2.05) is 24.3 Å². The molecular formula is C16H20N2O3S. The third-order valence-electron chi connectivity index (χ3n) is 2.82. The molecule has 1 aromatic rings.